The van der Waals surface area contributed by atoms with Crippen LogP contribution in [0.25, 0.3) is 0 Å². The van der Waals surface area contributed by atoms with Crippen molar-refractivity contribution in [3.8, 4) is 0 Å². The van der Waals surface area contributed by atoms with Gasteiger partial charge in [-0.25, -0.2) is 9.18 Å². The number of carboxylic acids is 1. The fraction of sp³-hybridized carbons (Fsp3) is 0.556. The van der Waals surface area contributed by atoms with Gasteiger partial charge in [-0.15, -0.1) is 0 Å². The minimum Gasteiger partial charge on any atom is -0.479 e. The van der Waals surface area contributed by atoms with E-state index in [0.29, 0.717) is 11.4 Å². The number of benzene rings is 1. The van der Waals surface area contributed by atoms with Crippen molar-refractivity contribution in [1.82, 2.24) is 4.90 Å². The predicted octanol–water partition coefficient (Wildman–Crippen LogP) is 3.47. The Hall–Kier alpha value is -1.62. The number of carbonyl (C=O) groups excluding carboxylic acids is 1. The summed E-state index contributed by atoms with van der Waals surface area (Å²) in [4.78, 5) is 25.6. The number of carbonyl (C=O) groups is 2. The van der Waals surface area contributed by atoms with E-state index in [0.717, 1.165) is 31.2 Å². The summed E-state index contributed by atoms with van der Waals surface area (Å²) in [6, 6.07) is 7.45. The van der Waals surface area contributed by atoms with E-state index >= 15 is 0 Å². The number of alkyl halides is 1. The third kappa shape index (κ3) is 3.14. The molecule has 2 aliphatic rings. The Morgan fingerprint density at radius 2 is 1.96 bits per heavy atom. The molecule has 6 heteroatoms. The van der Waals surface area contributed by atoms with Gasteiger partial charge in [0.1, 0.15) is 0 Å². The number of aliphatic carboxylic acids is 1. The number of hydrogen-bond acceptors (Lipinski definition) is 2. The molecule has 3 rings (SSSR count). The van der Waals surface area contributed by atoms with E-state index in [2.05, 4.69) is 0 Å². The number of halogens is 2. The highest BCUT2D eigenvalue weighted by atomic mass is 35.5. The van der Waals surface area contributed by atoms with E-state index in [1.54, 1.807) is 6.07 Å². The standard InChI is InChI=1S/C18H21ClFNO3/c19-14-5-3-4-13(10-14)11-17(6-1-2-7-17)15(22)21-9-8-18(20,12-21)16(23)24/h3-5,10H,1-2,6-9,11-12H2,(H,23,24). The minimum atomic E-state index is -2.31. The molecule has 1 aromatic carbocycles. The molecular weight excluding hydrogens is 333 g/mol. The Morgan fingerprint density at radius 1 is 1.25 bits per heavy atom. The zero-order valence-corrected chi connectivity index (χ0v) is 14.2. The lowest BCUT2D eigenvalue weighted by molar-refractivity contribution is -0.151. The average Bonchev–Trinajstić information content (AvgIpc) is 3.15. The Balaban J connectivity index is 1.80. The number of nitrogens with zero attached hydrogens (tertiary/aromatic N) is 1. The van der Waals surface area contributed by atoms with Gasteiger partial charge in [-0.3, -0.25) is 4.79 Å². The van der Waals surface area contributed by atoms with Gasteiger partial charge >= 0.3 is 5.97 Å². The molecule has 2 fully saturated rings. The molecule has 130 valence electrons. The minimum absolute atomic E-state index is 0.110. The quantitative estimate of drug-likeness (QED) is 0.901. The van der Waals surface area contributed by atoms with Crippen LogP contribution in [-0.2, 0) is 16.0 Å². The van der Waals surface area contributed by atoms with Gasteiger partial charge in [-0.05, 0) is 37.0 Å². The molecule has 1 aliphatic heterocycles. The van der Waals surface area contributed by atoms with Crippen LogP contribution in [0.4, 0.5) is 4.39 Å². The fourth-order valence-corrected chi connectivity index (χ4v) is 4.22. The van der Waals surface area contributed by atoms with Crippen molar-refractivity contribution in [1.29, 1.82) is 0 Å². The van der Waals surface area contributed by atoms with Gasteiger partial charge < -0.3 is 10.0 Å². The van der Waals surface area contributed by atoms with Crippen LogP contribution in [0.15, 0.2) is 24.3 Å². The molecule has 0 bridgehead atoms. The van der Waals surface area contributed by atoms with Crippen LogP contribution in [0, 0.1) is 5.41 Å². The Morgan fingerprint density at radius 3 is 2.54 bits per heavy atom. The summed E-state index contributed by atoms with van der Waals surface area (Å²) in [7, 11) is 0. The maximum atomic E-state index is 14.3. The first-order chi connectivity index (χ1) is 11.3. The number of carboxylic acid groups (broad SMARTS) is 1. The predicted molar refractivity (Wildman–Crippen MR) is 88.7 cm³/mol. The first-order valence-electron chi connectivity index (χ1n) is 8.31. The molecule has 0 radical (unpaired) electrons. The SMILES string of the molecule is O=C(O)C1(F)CCN(C(=O)C2(Cc3cccc(Cl)c3)CCCC2)C1. The number of rotatable bonds is 4. The number of amides is 1. The van der Waals surface area contributed by atoms with Gasteiger partial charge in [0.25, 0.3) is 0 Å². The number of likely N-dealkylation sites (tertiary alicyclic amines) is 1. The zero-order valence-electron chi connectivity index (χ0n) is 13.4. The van der Waals surface area contributed by atoms with Gasteiger partial charge in [0.2, 0.25) is 11.6 Å². The van der Waals surface area contributed by atoms with Crippen molar-refractivity contribution in [3.05, 3.63) is 34.9 Å². The first kappa shape index (κ1) is 17.2. The second-order valence-electron chi connectivity index (χ2n) is 7.04. The van der Waals surface area contributed by atoms with Crippen LogP contribution in [0.2, 0.25) is 5.02 Å². The normalized spacial score (nSPS) is 25.8. The van der Waals surface area contributed by atoms with Crippen molar-refractivity contribution in [2.75, 3.05) is 13.1 Å². The summed E-state index contributed by atoms with van der Waals surface area (Å²) < 4.78 is 14.3. The summed E-state index contributed by atoms with van der Waals surface area (Å²) in [5, 5.41) is 9.67. The van der Waals surface area contributed by atoms with Crippen molar-refractivity contribution in [2.45, 2.75) is 44.2 Å². The van der Waals surface area contributed by atoms with Crippen LogP contribution in [0.5, 0.6) is 0 Å². The molecule has 24 heavy (non-hydrogen) atoms. The molecule has 1 saturated carbocycles. The second-order valence-corrected chi connectivity index (χ2v) is 7.48. The van der Waals surface area contributed by atoms with E-state index < -0.39 is 17.1 Å². The highest BCUT2D eigenvalue weighted by Gasteiger charge is 2.51. The molecule has 0 aromatic heterocycles. The molecule has 1 amide bonds. The monoisotopic (exact) mass is 353 g/mol. The lowest BCUT2D eigenvalue weighted by Gasteiger charge is -2.32. The summed E-state index contributed by atoms with van der Waals surface area (Å²) >= 11 is 6.04. The third-order valence-corrected chi connectivity index (χ3v) is 5.57. The molecule has 1 atom stereocenters. The van der Waals surface area contributed by atoms with E-state index in [9.17, 15) is 14.0 Å². The molecule has 1 heterocycles. The number of hydrogen-bond donors (Lipinski definition) is 1. The molecule has 1 saturated heterocycles. The summed E-state index contributed by atoms with van der Waals surface area (Å²) in [6.07, 6.45) is 3.85. The van der Waals surface area contributed by atoms with Crippen LogP contribution in [-0.4, -0.2) is 40.6 Å². The van der Waals surface area contributed by atoms with Crippen LogP contribution in [0.1, 0.15) is 37.7 Å². The highest BCUT2D eigenvalue weighted by Crippen LogP contribution is 2.44. The molecule has 1 N–H and O–H groups in total. The van der Waals surface area contributed by atoms with Crippen molar-refractivity contribution < 1.29 is 19.1 Å². The zero-order chi connectivity index (χ0) is 17.4. The summed E-state index contributed by atoms with van der Waals surface area (Å²) in [5.41, 5.74) is -1.89. The van der Waals surface area contributed by atoms with Gasteiger partial charge in [0.15, 0.2) is 0 Å². The molecular formula is C18H21ClFNO3. The largest absolute Gasteiger partial charge is 0.479 e. The average molecular weight is 354 g/mol. The van der Waals surface area contributed by atoms with Gasteiger partial charge in [-0.2, -0.15) is 0 Å². The lowest BCUT2D eigenvalue weighted by Crippen LogP contribution is -2.45. The van der Waals surface area contributed by atoms with Crippen LogP contribution in [0.3, 0.4) is 0 Å². The Bertz CT molecular complexity index is 659. The van der Waals surface area contributed by atoms with Crippen molar-refractivity contribution in [2.24, 2.45) is 5.41 Å². The second kappa shape index (κ2) is 6.36. The van der Waals surface area contributed by atoms with E-state index in [4.69, 9.17) is 16.7 Å². The molecule has 0 spiro atoms. The van der Waals surface area contributed by atoms with E-state index in [1.807, 2.05) is 18.2 Å². The summed E-state index contributed by atoms with van der Waals surface area (Å²) in [6.45, 7) is -0.183. The van der Waals surface area contributed by atoms with Gasteiger partial charge in [0, 0.05) is 18.0 Å². The van der Waals surface area contributed by atoms with E-state index in [1.165, 1.54) is 4.90 Å². The Labute approximate surface area is 145 Å². The lowest BCUT2D eigenvalue weighted by atomic mass is 9.78. The van der Waals surface area contributed by atoms with Crippen molar-refractivity contribution >= 4 is 23.5 Å². The summed E-state index contributed by atoms with van der Waals surface area (Å²) in [5.74, 6) is -1.59. The molecule has 1 aliphatic carbocycles. The maximum Gasteiger partial charge on any atom is 0.343 e. The topological polar surface area (TPSA) is 57.6 Å². The smallest absolute Gasteiger partial charge is 0.343 e. The molecule has 1 unspecified atom stereocenters. The third-order valence-electron chi connectivity index (χ3n) is 5.34. The van der Waals surface area contributed by atoms with Crippen LogP contribution >= 0.6 is 11.6 Å². The van der Waals surface area contributed by atoms with Gasteiger partial charge in [-0.1, -0.05) is 36.6 Å². The van der Waals surface area contributed by atoms with Crippen LogP contribution < -0.4 is 0 Å². The maximum absolute atomic E-state index is 14.3. The van der Waals surface area contributed by atoms with Crippen molar-refractivity contribution in [3.63, 3.8) is 0 Å². The fourth-order valence-electron chi connectivity index (χ4n) is 4.01. The van der Waals surface area contributed by atoms with Gasteiger partial charge in [0.05, 0.1) is 12.0 Å². The van der Waals surface area contributed by atoms with E-state index in [-0.39, 0.29) is 25.4 Å². The Kier molecular flexibility index (Phi) is 4.56. The first-order valence-corrected chi connectivity index (χ1v) is 8.69. The highest BCUT2D eigenvalue weighted by molar-refractivity contribution is 6.30. The molecule has 4 nitrogen and oxygen atoms in total. The molecule has 1 aromatic rings.